The average molecular weight is 217 g/mol. The fourth-order valence-electron chi connectivity index (χ4n) is 2.84. The Hall–Kier alpha value is -0.820. The van der Waals surface area contributed by atoms with Gasteiger partial charge in [0, 0.05) is 13.1 Å². The van der Waals surface area contributed by atoms with Gasteiger partial charge in [-0.05, 0) is 55.7 Å². The highest BCUT2D eigenvalue weighted by Gasteiger charge is 2.35. The third kappa shape index (κ3) is 2.01. The number of hydrogen-bond acceptors (Lipinski definition) is 1. The first-order valence-corrected chi connectivity index (χ1v) is 6.34. The van der Waals surface area contributed by atoms with Gasteiger partial charge in [0.25, 0.3) is 0 Å². The van der Waals surface area contributed by atoms with Gasteiger partial charge in [0.2, 0.25) is 0 Å². The van der Waals surface area contributed by atoms with Crippen LogP contribution in [0.25, 0.3) is 0 Å². The second-order valence-corrected chi connectivity index (χ2v) is 5.51. The molecule has 1 aliphatic rings. The Labute approximate surface area is 99.3 Å². The van der Waals surface area contributed by atoms with E-state index >= 15 is 0 Å². The highest BCUT2D eigenvalue weighted by atomic mass is 15.0. The van der Waals surface area contributed by atoms with E-state index in [1.807, 2.05) is 0 Å². The molecular formula is C15H23N. The SMILES string of the molecule is CCC1(Cc2c(C)cc(C)cc2C)CNC1. The Kier molecular flexibility index (Phi) is 3.07. The Morgan fingerprint density at radius 1 is 1.12 bits per heavy atom. The molecular weight excluding hydrogens is 194 g/mol. The fourth-order valence-corrected chi connectivity index (χ4v) is 2.84. The molecule has 1 saturated heterocycles. The quantitative estimate of drug-likeness (QED) is 0.820. The van der Waals surface area contributed by atoms with E-state index < -0.39 is 0 Å². The summed E-state index contributed by atoms with van der Waals surface area (Å²) in [6.07, 6.45) is 2.53. The zero-order chi connectivity index (χ0) is 11.8. The predicted octanol–water partition coefficient (Wildman–Crippen LogP) is 3.15. The molecule has 0 bridgehead atoms. The Morgan fingerprint density at radius 3 is 2.06 bits per heavy atom. The first-order chi connectivity index (χ1) is 7.56. The van der Waals surface area contributed by atoms with Crippen LogP contribution >= 0.6 is 0 Å². The monoisotopic (exact) mass is 217 g/mol. The van der Waals surface area contributed by atoms with Crippen molar-refractivity contribution in [3.63, 3.8) is 0 Å². The maximum Gasteiger partial charge on any atom is 0.00233 e. The minimum Gasteiger partial charge on any atom is -0.316 e. The van der Waals surface area contributed by atoms with E-state index in [1.54, 1.807) is 5.56 Å². The average Bonchev–Trinajstić information content (AvgIpc) is 2.14. The molecule has 1 aromatic rings. The van der Waals surface area contributed by atoms with Crippen molar-refractivity contribution >= 4 is 0 Å². The summed E-state index contributed by atoms with van der Waals surface area (Å²) in [7, 11) is 0. The van der Waals surface area contributed by atoms with Crippen LogP contribution in [-0.2, 0) is 6.42 Å². The van der Waals surface area contributed by atoms with Crippen LogP contribution in [-0.4, -0.2) is 13.1 Å². The highest BCUT2D eigenvalue weighted by Crippen LogP contribution is 2.33. The van der Waals surface area contributed by atoms with E-state index in [0.29, 0.717) is 5.41 Å². The van der Waals surface area contributed by atoms with Crippen molar-refractivity contribution in [1.82, 2.24) is 5.32 Å². The number of nitrogens with one attached hydrogen (secondary N) is 1. The second kappa shape index (κ2) is 4.21. The van der Waals surface area contributed by atoms with E-state index in [0.717, 1.165) is 0 Å². The maximum atomic E-state index is 3.42. The van der Waals surface area contributed by atoms with E-state index in [4.69, 9.17) is 0 Å². The minimum absolute atomic E-state index is 0.533. The molecule has 0 amide bonds. The molecule has 1 aliphatic heterocycles. The molecule has 0 radical (unpaired) electrons. The fraction of sp³-hybridized carbons (Fsp3) is 0.600. The molecule has 1 heteroatoms. The molecule has 1 N–H and O–H groups in total. The van der Waals surface area contributed by atoms with Crippen molar-refractivity contribution in [3.05, 3.63) is 34.4 Å². The molecule has 0 aromatic heterocycles. The van der Waals surface area contributed by atoms with Gasteiger partial charge in [0.05, 0.1) is 0 Å². The maximum absolute atomic E-state index is 3.42. The summed E-state index contributed by atoms with van der Waals surface area (Å²) in [6, 6.07) is 4.63. The van der Waals surface area contributed by atoms with Crippen LogP contribution in [0.4, 0.5) is 0 Å². The van der Waals surface area contributed by atoms with E-state index in [9.17, 15) is 0 Å². The van der Waals surface area contributed by atoms with Crippen molar-refractivity contribution in [2.45, 2.75) is 40.5 Å². The molecule has 0 spiro atoms. The predicted molar refractivity (Wildman–Crippen MR) is 70.0 cm³/mol. The zero-order valence-electron chi connectivity index (χ0n) is 11.0. The molecule has 0 atom stereocenters. The summed E-state index contributed by atoms with van der Waals surface area (Å²) in [5.74, 6) is 0. The number of hydrogen-bond donors (Lipinski definition) is 1. The first-order valence-electron chi connectivity index (χ1n) is 6.34. The van der Waals surface area contributed by atoms with Gasteiger partial charge in [-0.25, -0.2) is 0 Å². The number of rotatable bonds is 3. The molecule has 1 fully saturated rings. The van der Waals surface area contributed by atoms with Crippen LogP contribution < -0.4 is 5.32 Å². The van der Waals surface area contributed by atoms with Gasteiger partial charge in [0.1, 0.15) is 0 Å². The third-order valence-corrected chi connectivity index (χ3v) is 4.14. The molecule has 1 heterocycles. The molecule has 0 saturated carbocycles. The Morgan fingerprint density at radius 2 is 1.69 bits per heavy atom. The number of benzene rings is 1. The van der Waals surface area contributed by atoms with Gasteiger partial charge >= 0.3 is 0 Å². The summed E-state index contributed by atoms with van der Waals surface area (Å²) in [5.41, 5.74) is 6.43. The summed E-state index contributed by atoms with van der Waals surface area (Å²) in [4.78, 5) is 0. The summed E-state index contributed by atoms with van der Waals surface area (Å²) >= 11 is 0. The van der Waals surface area contributed by atoms with Crippen LogP contribution in [0.3, 0.4) is 0 Å². The molecule has 1 aromatic carbocycles. The Balaban J connectivity index is 2.27. The van der Waals surface area contributed by atoms with Crippen LogP contribution in [0.1, 0.15) is 35.6 Å². The first kappa shape index (κ1) is 11.7. The van der Waals surface area contributed by atoms with Gasteiger partial charge in [-0.3, -0.25) is 0 Å². The van der Waals surface area contributed by atoms with Gasteiger partial charge < -0.3 is 5.32 Å². The van der Waals surface area contributed by atoms with Crippen molar-refractivity contribution in [1.29, 1.82) is 0 Å². The van der Waals surface area contributed by atoms with Crippen LogP contribution in [0, 0.1) is 26.2 Å². The van der Waals surface area contributed by atoms with Gasteiger partial charge in [-0.15, -0.1) is 0 Å². The zero-order valence-corrected chi connectivity index (χ0v) is 11.0. The number of aryl methyl sites for hydroxylation is 3. The molecule has 16 heavy (non-hydrogen) atoms. The normalized spacial score (nSPS) is 18.2. The standard InChI is InChI=1S/C15H23N/c1-5-15(9-16-10-15)8-14-12(3)6-11(2)7-13(14)4/h6-7,16H,5,8-10H2,1-4H3. The molecule has 0 aliphatic carbocycles. The highest BCUT2D eigenvalue weighted by molar-refractivity contribution is 5.38. The van der Waals surface area contributed by atoms with E-state index in [2.05, 4.69) is 45.1 Å². The lowest BCUT2D eigenvalue weighted by atomic mass is 9.73. The lowest BCUT2D eigenvalue weighted by Gasteiger charge is -2.43. The Bertz CT molecular complexity index is 360. The van der Waals surface area contributed by atoms with Crippen LogP contribution in [0.5, 0.6) is 0 Å². The van der Waals surface area contributed by atoms with Crippen LogP contribution in [0.15, 0.2) is 12.1 Å². The van der Waals surface area contributed by atoms with Gasteiger partial charge in [-0.1, -0.05) is 24.6 Å². The molecule has 0 unspecified atom stereocenters. The largest absolute Gasteiger partial charge is 0.316 e. The van der Waals surface area contributed by atoms with Crippen molar-refractivity contribution in [2.24, 2.45) is 5.41 Å². The molecule has 88 valence electrons. The van der Waals surface area contributed by atoms with Gasteiger partial charge in [-0.2, -0.15) is 0 Å². The summed E-state index contributed by atoms with van der Waals surface area (Å²) in [5, 5.41) is 3.42. The van der Waals surface area contributed by atoms with Crippen molar-refractivity contribution < 1.29 is 0 Å². The van der Waals surface area contributed by atoms with E-state index in [1.165, 1.54) is 42.6 Å². The summed E-state index contributed by atoms with van der Waals surface area (Å²) in [6.45, 7) is 11.4. The van der Waals surface area contributed by atoms with Crippen molar-refractivity contribution in [3.8, 4) is 0 Å². The molecule has 1 nitrogen and oxygen atoms in total. The second-order valence-electron chi connectivity index (χ2n) is 5.51. The van der Waals surface area contributed by atoms with Crippen LogP contribution in [0.2, 0.25) is 0 Å². The lowest BCUT2D eigenvalue weighted by molar-refractivity contribution is 0.160. The molecule has 2 rings (SSSR count). The summed E-state index contributed by atoms with van der Waals surface area (Å²) < 4.78 is 0. The van der Waals surface area contributed by atoms with Gasteiger partial charge in [0.15, 0.2) is 0 Å². The topological polar surface area (TPSA) is 12.0 Å². The third-order valence-electron chi connectivity index (χ3n) is 4.14. The minimum atomic E-state index is 0.533. The smallest absolute Gasteiger partial charge is 0.00233 e. The van der Waals surface area contributed by atoms with E-state index in [-0.39, 0.29) is 0 Å². The van der Waals surface area contributed by atoms with Crippen molar-refractivity contribution in [2.75, 3.05) is 13.1 Å². The lowest BCUT2D eigenvalue weighted by Crippen LogP contribution is -2.54.